The minimum Gasteiger partial charge on any atom is -0.483 e. The van der Waals surface area contributed by atoms with E-state index in [1.807, 2.05) is 91.0 Å². The summed E-state index contributed by atoms with van der Waals surface area (Å²) in [6, 6.07) is 30.5. The minimum absolute atomic E-state index is 0.258. The zero-order valence-corrected chi connectivity index (χ0v) is 34.8. The SMILES string of the molecule is CCCCO[Si](CCCOCC1CO1)(OCCCC)OCCCC.c1ccc(O[Si](CCCOCC2CO2)(Oc2ccccc2)Oc2ccccc2)cc1. The zero-order chi connectivity index (χ0) is 38.0. The monoisotopic (exact) mass is 784 g/mol. The lowest BCUT2D eigenvalue weighted by Crippen LogP contribution is -2.55. The minimum atomic E-state index is -3.19. The molecule has 2 unspecified atom stereocenters. The number of benzene rings is 3. The third-order valence-electron chi connectivity index (χ3n) is 8.46. The van der Waals surface area contributed by atoms with Crippen molar-refractivity contribution in [2.24, 2.45) is 0 Å². The molecule has 0 bridgehead atoms. The Morgan fingerprint density at radius 2 is 0.796 bits per heavy atom. The van der Waals surface area contributed by atoms with Crippen LogP contribution in [-0.2, 0) is 32.2 Å². The Bertz CT molecular complexity index is 1200. The highest BCUT2D eigenvalue weighted by Crippen LogP contribution is 2.28. The fourth-order valence-corrected chi connectivity index (χ4v) is 10.3. The van der Waals surface area contributed by atoms with Crippen LogP contribution in [0.2, 0.25) is 12.1 Å². The number of rotatable bonds is 30. The van der Waals surface area contributed by atoms with Gasteiger partial charge in [0.15, 0.2) is 0 Å². The molecule has 10 nitrogen and oxygen atoms in total. The third kappa shape index (κ3) is 18.7. The van der Waals surface area contributed by atoms with E-state index in [1.165, 1.54) is 0 Å². The first-order valence-corrected chi connectivity index (χ1v) is 24.0. The molecule has 2 aliphatic rings. The summed E-state index contributed by atoms with van der Waals surface area (Å²) in [6.45, 7) is 13.0. The van der Waals surface area contributed by atoms with Gasteiger partial charge in [0, 0.05) is 39.1 Å². The Kier molecular flexibility index (Phi) is 21.3. The van der Waals surface area contributed by atoms with Crippen molar-refractivity contribution in [3.8, 4) is 17.2 Å². The molecular formula is C42H64O10Si2. The van der Waals surface area contributed by atoms with Gasteiger partial charge in [-0.25, -0.2) is 0 Å². The van der Waals surface area contributed by atoms with E-state index in [2.05, 4.69) is 20.8 Å². The molecule has 0 N–H and O–H groups in total. The van der Waals surface area contributed by atoms with E-state index < -0.39 is 17.6 Å². The number of unbranched alkanes of at least 4 members (excludes halogenated alkanes) is 3. The Morgan fingerprint density at radius 1 is 0.463 bits per heavy atom. The first-order chi connectivity index (χ1) is 26.6. The van der Waals surface area contributed by atoms with Gasteiger partial charge in [0.1, 0.15) is 29.5 Å². The summed E-state index contributed by atoms with van der Waals surface area (Å²) >= 11 is 0. The average Bonchev–Trinajstić information content (AvgIpc) is 4.14. The molecular weight excluding hydrogens is 721 g/mol. The van der Waals surface area contributed by atoms with Crippen molar-refractivity contribution in [2.75, 3.05) is 59.5 Å². The average molecular weight is 785 g/mol. The highest BCUT2D eigenvalue weighted by molar-refractivity contribution is 6.63. The summed E-state index contributed by atoms with van der Waals surface area (Å²) in [7, 11) is -5.77. The largest absolute Gasteiger partial charge is 0.699 e. The number of hydrogen-bond donors (Lipinski definition) is 0. The van der Waals surface area contributed by atoms with Gasteiger partial charge in [-0.05, 0) is 68.5 Å². The highest BCUT2D eigenvalue weighted by Gasteiger charge is 2.49. The van der Waals surface area contributed by atoms with E-state index in [4.69, 9.17) is 45.5 Å². The number of para-hydroxylation sites is 3. The first kappa shape index (κ1) is 43.9. The molecule has 300 valence electrons. The lowest BCUT2D eigenvalue weighted by Gasteiger charge is -2.30. The Morgan fingerprint density at radius 3 is 1.11 bits per heavy atom. The highest BCUT2D eigenvalue weighted by atomic mass is 28.4. The van der Waals surface area contributed by atoms with Crippen molar-refractivity contribution in [3.05, 3.63) is 91.0 Å². The molecule has 3 aromatic rings. The zero-order valence-electron chi connectivity index (χ0n) is 32.8. The van der Waals surface area contributed by atoms with Crippen LogP contribution in [0, 0.1) is 0 Å². The molecule has 0 aromatic heterocycles. The standard InChI is InChI=1S/C24H26O5Si.C18H38O5Si/c1-4-11-21(12-5-1)27-30(28-22-13-6-2-7-14-22,29-23-15-8-3-9-16-23)18-10-17-25-19-24-20-26-24;1-4-7-12-21-24(22-13-8-5-2,23-14-9-6-3)15-10-11-19-16-18-17-20-18/h1-9,11-16,24H,10,17-20H2;18H,4-17H2,1-3H3. The van der Waals surface area contributed by atoms with Gasteiger partial charge in [-0.1, -0.05) is 94.6 Å². The summed E-state index contributed by atoms with van der Waals surface area (Å²) in [5.41, 5.74) is 0. The summed E-state index contributed by atoms with van der Waals surface area (Å²) in [4.78, 5) is 0. The van der Waals surface area contributed by atoms with Crippen LogP contribution in [0.3, 0.4) is 0 Å². The number of ether oxygens (including phenoxy) is 4. The normalized spacial score (nSPS) is 16.3. The van der Waals surface area contributed by atoms with Crippen LogP contribution in [0.25, 0.3) is 0 Å². The molecule has 12 heteroatoms. The number of hydrogen-bond acceptors (Lipinski definition) is 10. The summed E-state index contributed by atoms with van der Waals surface area (Å²) in [5.74, 6) is 2.18. The first-order valence-electron chi connectivity index (χ1n) is 20.1. The molecule has 2 aliphatic heterocycles. The third-order valence-corrected chi connectivity index (χ3v) is 14.0. The van der Waals surface area contributed by atoms with Crippen LogP contribution >= 0.6 is 0 Å². The lowest BCUT2D eigenvalue weighted by atomic mass is 10.3. The predicted octanol–water partition coefficient (Wildman–Crippen LogP) is 9.15. The van der Waals surface area contributed by atoms with Crippen LogP contribution in [0.4, 0.5) is 0 Å². The molecule has 0 spiro atoms. The lowest BCUT2D eigenvalue weighted by molar-refractivity contribution is 0.0515. The van der Waals surface area contributed by atoms with Gasteiger partial charge in [-0.3, -0.25) is 0 Å². The fourth-order valence-electron chi connectivity index (χ4n) is 5.22. The van der Waals surface area contributed by atoms with Crippen LogP contribution in [0.5, 0.6) is 17.2 Å². The number of epoxide rings is 2. The van der Waals surface area contributed by atoms with E-state index in [0.29, 0.717) is 32.0 Å². The van der Waals surface area contributed by atoms with Crippen molar-refractivity contribution < 1.29 is 45.5 Å². The van der Waals surface area contributed by atoms with Crippen molar-refractivity contribution in [3.63, 3.8) is 0 Å². The summed E-state index contributed by atoms with van der Waals surface area (Å²) in [6.07, 6.45) is 8.80. The molecule has 0 amide bonds. The van der Waals surface area contributed by atoms with Crippen molar-refractivity contribution in [1.82, 2.24) is 0 Å². The van der Waals surface area contributed by atoms with Crippen LogP contribution in [-0.4, -0.2) is 89.3 Å². The molecule has 2 atom stereocenters. The molecule has 54 heavy (non-hydrogen) atoms. The maximum absolute atomic E-state index is 6.46. The van der Waals surface area contributed by atoms with Crippen molar-refractivity contribution in [2.45, 2.75) is 96.4 Å². The second-order valence-corrected chi connectivity index (χ2v) is 18.7. The van der Waals surface area contributed by atoms with Gasteiger partial charge in [-0.2, -0.15) is 0 Å². The van der Waals surface area contributed by atoms with Gasteiger partial charge in [-0.15, -0.1) is 0 Å². The van der Waals surface area contributed by atoms with Crippen molar-refractivity contribution >= 4 is 17.6 Å². The summed E-state index contributed by atoms with van der Waals surface area (Å²) in [5, 5.41) is 0. The second kappa shape index (κ2) is 26.1. The van der Waals surface area contributed by atoms with Crippen LogP contribution in [0.15, 0.2) is 91.0 Å². The molecule has 0 aliphatic carbocycles. The van der Waals surface area contributed by atoms with Gasteiger partial charge in [0.2, 0.25) is 0 Å². The molecule has 0 radical (unpaired) electrons. The van der Waals surface area contributed by atoms with E-state index in [-0.39, 0.29) is 6.10 Å². The van der Waals surface area contributed by atoms with Gasteiger partial charge in [0.05, 0.1) is 32.5 Å². The summed E-state index contributed by atoms with van der Waals surface area (Å²) < 4.78 is 59.8. The maximum Gasteiger partial charge on any atom is 0.699 e. The molecule has 2 fully saturated rings. The second-order valence-electron chi connectivity index (χ2n) is 13.5. The maximum atomic E-state index is 6.46. The van der Waals surface area contributed by atoms with E-state index in [9.17, 15) is 0 Å². The molecule has 5 rings (SSSR count). The Hall–Kier alpha value is -2.79. The van der Waals surface area contributed by atoms with Crippen LogP contribution in [0.1, 0.15) is 72.1 Å². The topological polar surface area (TPSA) is 98.9 Å². The quantitative estimate of drug-likeness (QED) is 0.0370. The van der Waals surface area contributed by atoms with Crippen molar-refractivity contribution in [1.29, 1.82) is 0 Å². The Labute approximate surface area is 326 Å². The van der Waals surface area contributed by atoms with Crippen LogP contribution < -0.4 is 13.3 Å². The van der Waals surface area contributed by atoms with E-state index >= 15 is 0 Å². The van der Waals surface area contributed by atoms with Gasteiger partial charge in [0.25, 0.3) is 0 Å². The van der Waals surface area contributed by atoms with E-state index in [0.717, 1.165) is 114 Å². The molecule has 2 saturated heterocycles. The molecule has 0 saturated carbocycles. The van der Waals surface area contributed by atoms with Gasteiger partial charge < -0.3 is 45.5 Å². The smallest absolute Gasteiger partial charge is 0.483 e. The predicted molar refractivity (Wildman–Crippen MR) is 215 cm³/mol. The Balaban J connectivity index is 0.000000248. The van der Waals surface area contributed by atoms with E-state index in [1.54, 1.807) is 0 Å². The molecule has 3 aromatic carbocycles. The van der Waals surface area contributed by atoms with Gasteiger partial charge >= 0.3 is 17.6 Å². The molecule has 2 heterocycles. The fraction of sp³-hybridized carbons (Fsp3) is 0.571.